The zero-order chi connectivity index (χ0) is 22.3. The third kappa shape index (κ3) is 4.88. The highest BCUT2D eigenvalue weighted by Crippen LogP contribution is 2.27. The molecule has 0 aliphatic carbocycles. The highest BCUT2D eigenvalue weighted by molar-refractivity contribution is 7.99. The minimum atomic E-state index is -0.164. The van der Waals surface area contributed by atoms with Gasteiger partial charge in [-0.2, -0.15) is 5.26 Å². The zero-order valence-corrected chi connectivity index (χ0v) is 18.3. The van der Waals surface area contributed by atoms with E-state index in [1.54, 1.807) is 12.1 Å². The van der Waals surface area contributed by atoms with E-state index >= 15 is 0 Å². The number of amides is 1. The van der Waals surface area contributed by atoms with E-state index in [0.29, 0.717) is 10.7 Å². The molecule has 0 aliphatic rings. The second kappa shape index (κ2) is 9.94. The lowest BCUT2D eigenvalue weighted by molar-refractivity contribution is -0.119. The lowest BCUT2D eigenvalue weighted by atomic mass is 10.1. The van der Waals surface area contributed by atoms with Crippen LogP contribution >= 0.6 is 11.8 Å². The summed E-state index contributed by atoms with van der Waals surface area (Å²) in [5.74, 6) is 0.835. The number of nitriles is 1. The Hall–Kier alpha value is -3.89. The van der Waals surface area contributed by atoms with Gasteiger partial charge in [0.15, 0.2) is 11.0 Å². The molecule has 0 saturated carbocycles. The number of hydrogen-bond donors (Lipinski definition) is 1. The second-order valence-electron chi connectivity index (χ2n) is 7.15. The van der Waals surface area contributed by atoms with Crippen molar-refractivity contribution in [2.24, 2.45) is 0 Å². The summed E-state index contributed by atoms with van der Waals surface area (Å²) in [6, 6.07) is 28.9. The Kier molecular flexibility index (Phi) is 6.63. The van der Waals surface area contributed by atoms with E-state index < -0.39 is 0 Å². The fourth-order valence-corrected chi connectivity index (χ4v) is 4.05. The summed E-state index contributed by atoms with van der Waals surface area (Å²) in [6.45, 7) is 1.92. The number of aromatic nitrogens is 3. The maximum absolute atomic E-state index is 12.6. The molecule has 0 bridgehead atoms. The van der Waals surface area contributed by atoms with E-state index in [0.717, 1.165) is 22.6 Å². The van der Waals surface area contributed by atoms with Crippen LogP contribution in [0.1, 0.15) is 24.1 Å². The van der Waals surface area contributed by atoms with Gasteiger partial charge in [0, 0.05) is 11.3 Å². The normalized spacial score (nSPS) is 11.5. The molecule has 3 aromatic carbocycles. The number of benzene rings is 3. The molecule has 4 rings (SSSR count). The van der Waals surface area contributed by atoms with Crippen LogP contribution in [0.4, 0.5) is 0 Å². The largest absolute Gasteiger partial charge is 0.349 e. The van der Waals surface area contributed by atoms with Gasteiger partial charge < -0.3 is 5.32 Å². The van der Waals surface area contributed by atoms with Gasteiger partial charge in [0.25, 0.3) is 0 Å². The van der Waals surface area contributed by atoms with Gasteiger partial charge in [-0.3, -0.25) is 9.36 Å². The number of nitrogens with one attached hydrogen (secondary N) is 1. The number of carbonyl (C=O) groups excluding carboxylic acids is 1. The van der Waals surface area contributed by atoms with Crippen molar-refractivity contribution in [3.63, 3.8) is 0 Å². The molecule has 4 aromatic rings. The molecule has 1 unspecified atom stereocenters. The van der Waals surface area contributed by atoms with Crippen molar-refractivity contribution >= 4 is 17.7 Å². The lowest BCUT2D eigenvalue weighted by Gasteiger charge is -2.14. The smallest absolute Gasteiger partial charge is 0.230 e. The lowest BCUT2D eigenvalue weighted by Crippen LogP contribution is -2.28. The average Bonchev–Trinajstić information content (AvgIpc) is 3.28. The molecule has 0 saturated heterocycles. The van der Waals surface area contributed by atoms with Gasteiger partial charge in [-0.05, 0) is 36.8 Å². The van der Waals surface area contributed by atoms with Gasteiger partial charge in [-0.15, -0.1) is 10.2 Å². The third-order valence-corrected chi connectivity index (χ3v) is 5.86. The number of rotatable bonds is 7. The van der Waals surface area contributed by atoms with Crippen LogP contribution in [0.2, 0.25) is 0 Å². The summed E-state index contributed by atoms with van der Waals surface area (Å²) >= 11 is 1.34. The second-order valence-corrected chi connectivity index (χ2v) is 8.10. The van der Waals surface area contributed by atoms with Crippen molar-refractivity contribution in [3.8, 4) is 23.1 Å². The summed E-state index contributed by atoms with van der Waals surface area (Å²) in [4.78, 5) is 12.6. The third-order valence-electron chi connectivity index (χ3n) is 4.93. The monoisotopic (exact) mass is 439 g/mol. The Morgan fingerprint density at radius 3 is 2.31 bits per heavy atom. The van der Waals surface area contributed by atoms with Crippen LogP contribution in [0.5, 0.6) is 0 Å². The molecule has 158 valence electrons. The zero-order valence-electron chi connectivity index (χ0n) is 17.5. The van der Waals surface area contributed by atoms with E-state index in [1.165, 1.54) is 11.8 Å². The number of thioether (sulfide) groups is 1. The van der Waals surface area contributed by atoms with Gasteiger partial charge in [0.05, 0.1) is 23.4 Å². The predicted molar refractivity (Wildman–Crippen MR) is 125 cm³/mol. The summed E-state index contributed by atoms with van der Waals surface area (Å²) in [6.07, 6.45) is 0. The van der Waals surface area contributed by atoms with Crippen LogP contribution in [0, 0.1) is 11.3 Å². The van der Waals surface area contributed by atoms with Gasteiger partial charge >= 0.3 is 0 Å². The van der Waals surface area contributed by atoms with Crippen molar-refractivity contribution in [2.75, 3.05) is 5.75 Å². The van der Waals surface area contributed by atoms with Crippen LogP contribution in [0.3, 0.4) is 0 Å². The molecule has 0 fully saturated rings. The Morgan fingerprint density at radius 2 is 1.66 bits per heavy atom. The average molecular weight is 440 g/mol. The Labute approximate surface area is 190 Å². The van der Waals surface area contributed by atoms with E-state index in [4.69, 9.17) is 5.26 Å². The minimum absolute atomic E-state index is 0.101. The minimum Gasteiger partial charge on any atom is -0.349 e. The van der Waals surface area contributed by atoms with E-state index in [-0.39, 0.29) is 17.7 Å². The van der Waals surface area contributed by atoms with Crippen molar-refractivity contribution in [2.45, 2.75) is 18.1 Å². The maximum Gasteiger partial charge on any atom is 0.230 e. The fourth-order valence-electron chi connectivity index (χ4n) is 3.29. The van der Waals surface area contributed by atoms with E-state index in [2.05, 4.69) is 21.6 Å². The molecule has 1 N–H and O–H groups in total. The van der Waals surface area contributed by atoms with Crippen LogP contribution in [0.15, 0.2) is 90.1 Å². The molecule has 32 heavy (non-hydrogen) atoms. The van der Waals surface area contributed by atoms with Crippen LogP contribution in [-0.4, -0.2) is 26.4 Å². The van der Waals surface area contributed by atoms with Crippen molar-refractivity contribution in [1.29, 1.82) is 5.26 Å². The van der Waals surface area contributed by atoms with Gasteiger partial charge in [0.1, 0.15) is 0 Å². The van der Waals surface area contributed by atoms with E-state index in [1.807, 2.05) is 84.3 Å². The van der Waals surface area contributed by atoms with Gasteiger partial charge in [-0.1, -0.05) is 72.4 Å². The SMILES string of the molecule is CC(NC(=O)CSc1nnc(-c2ccccc2)n1-c1ccccc1)c1ccc(C#N)cc1. The molecule has 7 heteroatoms. The number of nitrogens with zero attached hydrogens (tertiary/aromatic N) is 4. The van der Waals surface area contributed by atoms with Crippen molar-refractivity contribution in [3.05, 3.63) is 96.1 Å². The highest BCUT2D eigenvalue weighted by atomic mass is 32.2. The first-order valence-corrected chi connectivity index (χ1v) is 11.1. The van der Waals surface area contributed by atoms with Crippen LogP contribution in [0.25, 0.3) is 17.1 Å². The highest BCUT2D eigenvalue weighted by Gasteiger charge is 2.18. The molecule has 1 atom stereocenters. The molecule has 0 spiro atoms. The maximum atomic E-state index is 12.6. The summed E-state index contributed by atoms with van der Waals surface area (Å²) in [7, 11) is 0. The first-order valence-electron chi connectivity index (χ1n) is 10.1. The Bertz CT molecular complexity index is 1230. The molecule has 0 radical (unpaired) electrons. The van der Waals surface area contributed by atoms with Crippen molar-refractivity contribution in [1.82, 2.24) is 20.1 Å². The molecular formula is C25H21N5OS. The first kappa shape index (κ1) is 21.3. The van der Waals surface area contributed by atoms with E-state index in [9.17, 15) is 4.79 Å². The standard InChI is InChI=1S/C25H21N5OS/c1-18(20-14-12-19(16-26)13-15-20)27-23(31)17-32-25-29-28-24(21-8-4-2-5-9-21)30(25)22-10-6-3-7-11-22/h2-15,18H,17H2,1H3,(H,27,31). The molecule has 1 aromatic heterocycles. The molecule has 1 heterocycles. The Balaban J connectivity index is 1.50. The Morgan fingerprint density at radius 1 is 1.00 bits per heavy atom. The summed E-state index contributed by atoms with van der Waals surface area (Å²) in [5.41, 5.74) is 3.43. The molecule has 0 aliphatic heterocycles. The number of hydrogen-bond acceptors (Lipinski definition) is 5. The van der Waals surface area contributed by atoms with Gasteiger partial charge in [-0.25, -0.2) is 0 Å². The predicted octanol–water partition coefficient (Wildman–Crippen LogP) is 4.78. The van der Waals surface area contributed by atoms with Crippen LogP contribution in [-0.2, 0) is 4.79 Å². The number of para-hydroxylation sites is 1. The quantitative estimate of drug-likeness (QED) is 0.419. The van der Waals surface area contributed by atoms with Crippen molar-refractivity contribution < 1.29 is 4.79 Å². The first-order chi connectivity index (χ1) is 15.7. The van der Waals surface area contributed by atoms with Gasteiger partial charge in [0.2, 0.25) is 5.91 Å². The fraction of sp³-hybridized carbons (Fsp3) is 0.120. The van der Waals surface area contributed by atoms with Crippen LogP contribution < -0.4 is 5.32 Å². The summed E-state index contributed by atoms with van der Waals surface area (Å²) in [5, 5.41) is 21.3. The molecule has 1 amide bonds. The topological polar surface area (TPSA) is 83.6 Å². The molecular weight excluding hydrogens is 418 g/mol. The molecule has 6 nitrogen and oxygen atoms in total. The summed E-state index contributed by atoms with van der Waals surface area (Å²) < 4.78 is 1.97. The number of carbonyl (C=O) groups is 1.